The highest BCUT2D eigenvalue weighted by Crippen LogP contribution is 2.22. The molecule has 0 radical (unpaired) electrons. The first-order chi connectivity index (χ1) is 16.5. The lowest BCUT2D eigenvalue weighted by Crippen LogP contribution is -2.38. The van der Waals surface area contributed by atoms with Crippen molar-refractivity contribution in [1.29, 1.82) is 0 Å². The number of carboxylic acids is 1. The van der Waals surface area contributed by atoms with E-state index in [0.29, 0.717) is 12.2 Å². The molecule has 10 nitrogen and oxygen atoms in total. The van der Waals surface area contributed by atoms with Crippen molar-refractivity contribution < 1.29 is 29.1 Å². The number of carbonyl (C=O) groups excluding carboxylic acids is 4. The van der Waals surface area contributed by atoms with Crippen molar-refractivity contribution in [2.75, 3.05) is 33.9 Å². The van der Waals surface area contributed by atoms with Gasteiger partial charge in [-0.25, -0.2) is 0 Å². The Balaban J connectivity index is -0.000000591. The third kappa shape index (κ3) is 22.9. The monoisotopic (exact) mass is 530 g/mol. The van der Waals surface area contributed by atoms with Crippen LogP contribution in [0.5, 0.6) is 0 Å². The number of hydrogen-bond donors (Lipinski definition) is 3. The first-order valence-corrected chi connectivity index (χ1v) is 12.7. The molecular formula is C25H46N4O6S. The standard InChI is InChI=1S/C14H26N2O4S.C6H11NO.C5H9NO/c1-9(2)15-13(19)10(3)8-11(14(20)16(4)5)21-7-6-12(17)18;1-4-6(8)7-5(2)3;1-4-5(7)6(2)3/h9-11H,6-8H2,1-5H3,(H,15,19)(H,17,18);4-5H,1H2,2-3H3,(H,7,8);4H,1H2,2-3H3. The quantitative estimate of drug-likeness (QED) is 0.329. The Kier molecular flexibility index (Phi) is 22.5. The third-order valence-corrected chi connectivity index (χ3v) is 5.27. The number of amides is 4. The van der Waals surface area contributed by atoms with E-state index in [9.17, 15) is 24.0 Å². The van der Waals surface area contributed by atoms with Crippen LogP contribution in [0.1, 0.15) is 47.5 Å². The molecule has 0 spiro atoms. The molecule has 0 bridgehead atoms. The molecule has 2 atom stereocenters. The number of nitrogens with zero attached hydrogens (tertiary/aromatic N) is 2. The van der Waals surface area contributed by atoms with Crippen LogP contribution >= 0.6 is 11.8 Å². The molecule has 0 saturated heterocycles. The van der Waals surface area contributed by atoms with Crippen molar-refractivity contribution in [3.63, 3.8) is 0 Å². The number of carbonyl (C=O) groups is 5. The van der Waals surface area contributed by atoms with Crippen LogP contribution < -0.4 is 10.6 Å². The first-order valence-electron chi connectivity index (χ1n) is 11.6. The molecule has 0 aromatic carbocycles. The van der Waals surface area contributed by atoms with Gasteiger partial charge in [0.05, 0.1) is 11.7 Å². The Bertz CT molecular complexity index is 723. The molecule has 11 heteroatoms. The number of nitrogens with one attached hydrogen (secondary N) is 2. The molecule has 0 rings (SSSR count). The summed E-state index contributed by atoms with van der Waals surface area (Å²) in [6.07, 6.45) is 2.95. The van der Waals surface area contributed by atoms with E-state index in [1.54, 1.807) is 35.1 Å². The second-order valence-corrected chi connectivity index (χ2v) is 10.2. The van der Waals surface area contributed by atoms with Gasteiger partial charge in [0.2, 0.25) is 23.6 Å². The van der Waals surface area contributed by atoms with Gasteiger partial charge in [0.15, 0.2) is 0 Å². The van der Waals surface area contributed by atoms with E-state index in [0.717, 1.165) is 0 Å². The summed E-state index contributed by atoms with van der Waals surface area (Å²) in [5.74, 6) is -1.16. The van der Waals surface area contributed by atoms with Gasteiger partial charge in [0.25, 0.3) is 0 Å². The summed E-state index contributed by atoms with van der Waals surface area (Å²) >= 11 is 1.30. The van der Waals surface area contributed by atoms with Gasteiger partial charge in [-0.1, -0.05) is 20.1 Å². The third-order valence-electron chi connectivity index (χ3n) is 4.03. The summed E-state index contributed by atoms with van der Waals surface area (Å²) < 4.78 is 0. The Morgan fingerprint density at radius 1 is 0.861 bits per heavy atom. The zero-order chi connectivity index (χ0) is 29.0. The Morgan fingerprint density at radius 3 is 1.64 bits per heavy atom. The van der Waals surface area contributed by atoms with E-state index in [-0.39, 0.29) is 48.1 Å². The van der Waals surface area contributed by atoms with Crippen LogP contribution in [-0.2, 0) is 24.0 Å². The van der Waals surface area contributed by atoms with Crippen molar-refractivity contribution in [1.82, 2.24) is 20.4 Å². The highest BCUT2D eigenvalue weighted by Gasteiger charge is 2.26. The van der Waals surface area contributed by atoms with Gasteiger partial charge >= 0.3 is 5.97 Å². The first kappa shape index (κ1) is 37.7. The molecule has 36 heavy (non-hydrogen) atoms. The van der Waals surface area contributed by atoms with Crippen LogP contribution in [0.25, 0.3) is 0 Å². The normalized spacial score (nSPS) is 11.4. The Hall–Kier alpha value is -2.82. The summed E-state index contributed by atoms with van der Waals surface area (Å²) in [5.41, 5.74) is 0. The van der Waals surface area contributed by atoms with Crippen molar-refractivity contribution in [3.05, 3.63) is 25.3 Å². The zero-order valence-corrected chi connectivity index (χ0v) is 24.1. The number of rotatable bonds is 12. The SMILES string of the molecule is C=CC(=O)N(C)C.C=CC(=O)NC(C)C.CC(C)NC(=O)C(C)CC(SCCC(=O)O)C(=O)N(C)C. The molecule has 0 aliphatic carbocycles. The second-order valence-electron chi connectivity index (χ2n) is 8.84. The number of likely N-dealkylation sites (N-methyl/N-ethyl adjacent to an activating group) is 1. The van der Waals surface area contributed by atoms with E-state index in [1.807, 2.05) is 27.7 Å². The average Bonchev–Trinajstić information content (AvgIpc) is 2.76. The lowest BCUT2D eigenvalue weighted by molar-refractivity contribution is -0.136. The minimum absolute atomic E-state index is 0.00838. The van der Waals surface area contributed by atoms with Crippen molar-refractivity contribution >= 4 is 41.4 Å². The Morgan fingerprint density at radius 2 is 1.36 bits per heavy atom. The minimum Gasteiger partial charge on any atom is -0.481 e. The zero-order valence-electron chi connectivity index (χ0n) is 23.3. The van der Waals surface area contributed by atoms with E-state index in [2.05, 4.69) is 23.8 Å². The topological polar surface area (TPSA) is 136 Å². The maximum absolute atomic E-state index is 12.1. The molecular weight excluding hydrogens is 484 g/mol. The number of thioether (sulfide) groups is 1. The predicted molar refractivity (Wildman–Crippen MR) is 147 cm³/mol. The molecule has 0 aliphatic heterocycles. The van der Waals surface area contributed by atoms with E-state index < -0.39 is 11.2 Å². The van der Waals surface area contributed by atoms with Gasteiger partial charge in [0, 0.05) is 51.9 Å². The molecule has 208 valence electrons. The lowest BCUT2D eigenvalue weighted by Gasteiger charge is -2.23. The van der Waals surface area contributed by atoms with Crippen LogP contribution in [0.3, 0.4) is 0 Å². The largest absolute Gasteiger partial charge is 0.481 e. The van der Waals surface area contributed by atoms with Crippen LogP contribution in [0.15, 0.2) is 25.3 Å². The minimum atomic E-state index is -0.885. The van der Waals surface area contributed by atoms with E-state index >= 15 is 0 Å². The smallest absolute Gasteiger partial charge is 0.304 e. The molecule has 0 saturated carbocycles. The molecule has 0 heterocycles. The van der Waals surface area contributed by atoms with Gasteiger partial charge in [-0.05, 0) is 46.3 Å². The molecule has 4 amide bonds. The van der Waals surface area contributed by atoms with Gasteiger partial charge in [0.1, 0.15) is 0 Å². The molecule has 0 aromatic rings. The fourth-order valence-electron chi connectivity index (χ4n) is 2.20. The maximum atomic E-state index is 12.1. The van der Waals surface area contributed by atoms with Gasteiger partial charge in [-0.15, -0.1) is 11.8 Å². The molecule has 0 aliphatic rings. The van der Waals surface area contributed by atoms with Crippen LogP contribution in [0, 0.1) is 5.92 Å². The summed E-state index contributed by atoms with van der Waals surface area (Å²) in [5, 5.41) is 13.7. The van der Waals surface area contributed by atoms with Gasteiger partial charge in [-0.3, -0.25) is 24.0 Å². The van der Waals surface area contributed by atoms with Gasteiger partial charge in [-0.2, -0.15) is 0 Å². The van der Waals surface area contributed by atoms with Crippen molar-refractivity contribution in [2.45, 2.75) is 64.8 Å². The number of aliphatic carboxylic acids is 1. The molecule has 0 fully saturated rings. The Labute approximate surface area is 220 Å². The highest BCUT2D eigenvalue weighted by atomic mass is 32.2. The average molecular weight is 531 g/mol. The molecule has 3 N–H and O–H groups in total. The van der Waals surface area contributed by atoms with Crippen molar-refractivity contribution in [3.8, 4) is 0 Å². The fourth-order valence-corrected chi connectivity index (χ4v) is 3.55. The molecule has 2 unspecified atom stereocenters. The predicted octanol–water partition coefficient (Wildman–Crippen LogP) is 2.16. The second kappa shape index (κ2) is 21.5. The summed E-state index contributed by atoms with van der Waals surface area (Å²) in [6, 6.07) is 0.267. The number of carboxylic acid groups (broad SMARTS) is 1. The number of hydrogen-bond acceptors (Lipinski definition) is 6. The van der Waals surface area contributed by atoms with Crippen LogP contribution in [-0.4, -0.2) is 95.8 Å². The van der Waals surface area contributed by atoms with Gasteiger partial charge < -0.3 is 25.5 Å². The van der Waals surface area contributed by atoms with Crippen molar-refractivity contribution in [2.24, 2.45) is 5.92 Å². The van der Waals surface area contributed by atoms with E-state index in [4.69, 9.17) is 5.11 Å². The molecule has 0 aromatic heterocycles. The fraction of sp³-hybridized carbons (Fsp3) is 0.640. The highest BCUT2D eigenvalue weighted by molar-refractivity contribution is 8.00. The maximum Gasteiger partial charge on any atom is 0.304 e. The summed E-state index contributed by atoms with van der Waals surface area (Å²) in [6.45, 7) is 16.0. The summed E-state index contributed by atoms with van der Waals surface area (Å²) in [7, 11) is 6.69. The van der Waals surface area contributed by atoms with Crippen LogP contribution in [0.4, 0.5) is 0 Å². The van der Waals surface area contributed by atoms with Crippen LogP contribution in [0.2, 0.25) is 0 Å². The van der Waals surface area contributed by atoms with E-state index in [1.165, 1.54) is 33.7 Å². The lowest BCUT2D eigenvalue weighted by atomic mass is 10.0. The summed E-state index contributed by atoms with van der Waals surface area (Å²) in [4.78, 5) is 58.3.